The molecule has 24 heavy (non-hydrogen) atoms. The third kappa shape index (κ3) is 3.84. The second kappa shape index (κ2) is 7.50. The van der Waals surface area contributed by atoms with Crippen molar-refractivity contribution < 1.29 is 9.53 Å². The number of rotatable bonds is 6. The first-order valence-electron chi connectivity index (χ1n) is 7.86. The number of ether oxygens (including phenoxy) is 1. The standard InChI is InChI=1S/C18H19N3O3/c22-17-15-9-4-5-10-16(15)21(20-17)12-6-11-19-18(23)24-13-14-7-2-1-3-8-14/h1-5,7-10H,6,11-13H2,(H,19,23)(H,20,22). The zero-order valence-electron chi connectivity index (χ0n) is 13.2. The van der Waals surface area contributed by atoms with Crippen molar-refractivity contribution in [2.75, 3.05) is 6.54 Å². The Balaban J connectivity index is 1.43. The van der Waals surface area contributed by atoms with Crippen molar-refractivity contribution in [3.63, 3.8) is 0 Å². The molecule has 6 heteroatoms. The Morgan fingerprint density at radius 1 is 1.08 bits per heavy atom. The second-order valence-corrected chi connectivity index (χ2v) is 5.45. The fourth-order valence-electron chi connectivity index (χ4n) is 2.52. The molecule has 0 spiro atoms. The molecule has 1 heterocycles. The molecule has 6 nitrogen and oxygen atoms in total. The summed E-state index contributed by atoms with van der Waals surface area (Å²) in [4.78, 5) is 23.4. The van der Waals surface area contributed by atoms with E-state index in [1.54, 1.807) is 10.7 Å². The van der Waals surface area contributed by atoms with E-state index in [1.807, 2.05) is 48.5 Å². The number of aryl methyl sites for hydroxylation is 1. The van der Waals surface area contributed by atoms with Crippen molar-refractivity contribution >= 4 is 17.0 Å². The number of benzene rings is 2. The van der Waals surface area contributed by atoms with E-state index in [2.05, 4.69) is 10.4 Å². The number of nitrogens with one attached hydrogen (secondary N) is 2. The minimum atomic E-state index is -0.440. The molecule has 0 aliphatic carbocycles. The first-order chi connectivity index (χ1) is 11.7. The molecular weight excluding hydrogens is 306 g/mol. The van der Waals surface area contributed by atoms with Crippen LogP contribution in [0, 0.1) is 0 Å². The van der Waals surface area contributed by atoms with Crippen LogP contribution in [0.2, 0.25) is 0 Å². The van der Waals surface area contributed by atoms with E-state index in [9.17, 15) is 9.59 Å². The molecule has 0 unspecified atom stereocenters. The van der Waals surface area contributed by atoms with Gasteiger partial charge in [-0.15, -0.1) is 0 Å². The van der Waals surface area contributed by atoms with Gasteiger partial charge in [0.15, 0.2) is 0 Å². The maximum atomic E-state index is 11.8. The minimum Gasteiger partial charge on any atom is -0.445 e. The molecule has 1 amide bonds. The molecule has 0 saturated carbocycles. The van der Waals surface area contributed by atoms with Gasteiger partial charge in [-0.25, -0.2) is 4.79 Å². The maximum absolute atomic E-state index is 11.8. The highest BCUT2D eigenvalue weighted by atomic mass is 16.5. The first kappa shape index (κ1) is 15.9. The molecule has 0 bridgehead atoms. The van der Waals surface area contributed by atoms with E-state index >= 15 is 0 Å². The summed E-state index contributed by atoms with van der Waals surface area (Å²) < 4.78 is 6.94. The number of alkyl carbamates (subject to hydrolysis) is 1. The summed E-state index contributed by atoms with van der Waals surface area (Å²) >= 11 is 0. The molecule has 0 fully saturated rings. The van der Waals surface area contributed by atoms with Crippen molar-refractivity contribution in [1.29, 1.82) is 0 Å². The summed E-state index contributed by atoms with van der Waals surface area (Å²) in [6.07, 6.45) is 0.249. The van der Waals surface area contributed by atoms with Gasteiger partial charge in [-0.05, 0) is 24.1 Å². The summed E-state index contributed by atoms with van der Waals surface area (Å²) in [6, 6.07) is 17.0. The summed E-state index contributed by atoms with van der Waals surface area (Å²) in [5.41, 5.74) is 1.72. The van der Waals surface area contributed by atoms with Gasteiger partial charge >= 0.3 is 6.09 Å². The molecule has 124 valence electrons. The Kier molecular flexibility index (Phi) is 4.96. The van der Waals surface area contributed by atoms with Gasteiger partial charge in [-0.1, -0.05) is 42.5 Å². The van der Waals surface area contributed by atoms with Crippen LogP contribution in [0.3, 0.4) is 0 Å². The van der Waals surface area contributed by atoms with E-state index in [0.717, 1.165) is 11.1 Å². The molecule has 3 aromatic rings. The van der Waals surface area contributed by atoms with E-state index in [1.165, 1.54) is 0 Å². The number of aromatic nitrogens is 2. The zero-order valence-corrected chi connectivity index (χ0v) is 13.2. The molecule has 0 atom stereocenters. The van der Waals surface area contributed by atoms with Crippen molar-refractivity contribution in [3.05, 3.63) is 70.5 Å². The Hall–Kier alpha value is -3.02. The largest absolute Gasteiger partial charge is 0.445 e. The Morgan fingerprint density at radius 2 is 1.83 bits per heavy atom. The van der Waals surface area contributed by atoms with Crippen LogP contribution < -0.4 is 10.9 Å². The van der Waals surface area contributed by atoms with Crippen molar-refractivity contribution in [2.45, 2.75) is 19.6 Å². The van der Waals surface area contributed by atoms with Gasteiger partial charge in [0, 0.05) is 13.1 Å². The highest BCUT2D eigenvalue weighted by Gasteiger charge is 2.06. The zero-order chi connectivity index (χ0) is 16.8. The van der Waals surface area contributed by atoms with Crippen LogP contribution in [-0.2, 0) is 17.9 Å². The number of hydrogen-bond acceptors (Lipinski definition) is 3. The van der Waals surface area contributed by atoms with E-state index < -0.39 is 6.09 Å². The molecule has 0 aliphatic rings. The number of H-pyrrole nitrogens is 1. The van der Waals surface area contributed by atoms with E-state index in [0.29, 0.717) is 24.9 Å². The fraction of sp³-hybridized carbons (Fsp3) is 0.222. The van der Waals surface area contributed by atoms with Gasteiger partial charge in [0.1, 0.15) is 6.61 Å². The Bertz CT molecular complexity index is 868. The average molecular weight is 325 g/mol. The lowest BCUT2D eigenvalue weighted by Gasteiger charge is -2.08. The Labute approximate surface area is 139 Å². The third-order valence-electron chi connectivity index (χ3n) is 3.72. The number of amides is 1. The van der Waals surface area contributed by atoms with Crippen LogP contribution in [0.15, 0.2) is 59.4 Å². The lowest BCUT2D eigenvalue weighted by atomic mass is 10.2. The highest BCUT2D eigenvalue weighted by molar-refractivity contribution is 5.78. The van der Waals surface area contributed by atoms with Crippen LogP contribution in [0.4, 0.5) is 4.79 Å². The van der Waals surface area contributed by atoms with E-state index in [4.69, 9.17) is 4.74 Å². The number of hydrogen-bond donors (Lipinski definition) is 2. The van der Waals surface area contributed by atoms with Gasteiger partial charge < -0.3 is 10.1 Å². The monoisotopic (exact) mass is 325 g/mol. The predicted octanol–water partition coefficient (Wildman–Crippen LogP) is 2.65. The van der Waals surface area contributed by atoms with Gasteiger partial charge in [-0.2, -0.15) is 0 Å². The van der Waals surface area contributed by atoms with Gasteiger partial charge in [-0.3, -0.25) is 14.6 Å². The smallest absolute Gasteiger partial charge is 0.407 e. The van der Waals surface area contributed by atoms with Crippen LogP contribution in [-0.4, -0.2) is 22.4 Å². The molecule has 2 aromatic carbocycles. The van der Waals surface area contributed by atoms with Crippen molar-refractivity contribution in [2.24, 2.45) is 0 Å². The summed E-state index contributed by atoms with van der Waals surface area (Å²) in [7, 11) is 0. The number of nitrogens with zero attached hydrogens (tertiary/aromatic N) is 1. The van der Waals surface area contributed by atoms with Crippen molar-refractivity contribution in [1.82, 2.24) is 15.1 Å². The first-order valence-corrected chi connectivity index (χ1v) is 7.86. The summed E-state index contributed by atoms with van der Waals surface area (Å²) in [6.45, 7) is 1.34. The molecule has 3 rings (SSSR count). The normalized spacial score (nSPS) is 10.7. The minimum absolute atomic E-state index is 0.0965. The van der Waals surface area contributed by atoms with Crippen LogP contribution in [0.25, 0.3) is 10.9 Å². The van der Waals surface area contributed by atoms with Crippen LogP contribution in [0.1, 0.15) is 12.0 Å². The SMILES string of the molecule is O=C(NCCCn1[nH]c(=O)c2ccccc21)OCc1ccccc1. The van der Waals surface area contributed by atoms with Gasteiger partial charge in [0.2, 0.25) is 0 Å². The number of aromatic amines is 1. The lowest BCUT2D eigenvalue weighted by Crippen LogP contribution is -2.26. The molecule has 0 radical (unpaired) electrons. The summed E-state index contributed by atoms with van der Waals surface area (Å²) in [5.74, 6) is 0. The maximum Gasteiger partial charge on any atom is 0.407 e. The quantitative estimate of drug-likeness (QED) is 0.684. The van der Waals surface area contributed by atoms with Crippen molar-refractivity contribution in [3.8, 4) is 0 Å². The third-order valence-corrected chi connectivity index (χ3v) is 3.72. The lowest BCUT2D eigenvalue weighted by molar-refractivity contribution is 0.139. The number of carbonyl (C=O) groups is 1. The molecule has 1 aromatic heterocycles. The molecular formula is C18H19N3O3. The van der Waals surface area contributed by atoms with Crippen LogP contribution in [0.5, 0.6) is 0 Å². The topological polar surface area (TPSA) is 76.1 Å². The predicted molar refractivity (Wildman–Crippen MR) is 91.8 cm³/mol. The Morgan fingerprint density at radius 3 is 2.67 bits per heavy atom. The van der Waals surface area contributed by atoms with Gasteiger partial charge in [0.05, 0.1) is 10.9 Å². The number of fused-ring (bicyclic) bond motifs is 1. The number of carbonyl (C=O) groups excluding carboxylic acids is 1. The molecule has 0 aliphatic heterocycles. The average Bonchev–Trinajstić information content (AvgIpc) is 2.94. The summed E-state index contributed by atoms with van der Waals surface area (Å²) in [5, 5.41) is 6.19. The van der Waals surface area contributed by atoms with E-state index in [-0.39, 0.29) is 12.2 Å². The second-order valence-electron chi connectivity index (χ2n) is 5.45. The highest BCUT2D eigenvalue weighted by Crippen LogP contribution is 2.08. The number of para-hydroxylation sites is 1. The van der Waals surface area contributed by atoms with Gasteiger partial charge in [0.25, 0.3) is 5.56 Å². The molecule has 0 saturated heterocycles. The van der Waals surface area contributed by atoms with Crippen LogP contribution >= 0.6 is 0 Å². The fourth-order valence-corrected chi connectivity index (χ4v) is 2.52. The molecule has 2 N–H and O–H groups in total.